The maximum atomic E-state index is 5.35. The van der Waals surface area contributed by atoms with Crippen molar-refractivity contribution in [3.8, 4) is 50.6 Å². The van der Waals surface area contributed by atoms with Crippen LogP contribution in [0, 0.1) is 0 Å². The highest BCUT2D eigenvalue weighted by atomic mass is 15.1. The zero-order valence-corrected chi connectivity index (χ0v) is 30.6. The van der Waals surface area contributed by atoms with Crippen LogP contribution in [-0.2, 0) is 0 Å². The van der Waals surface area contributed by atoms with Gasteiger partial charge in [-0.2, -0.15) is 0 Å². The highest BCUT2D eigenvalue weighted by Gasteiger charge is 2.23. The van der Waals surface area contributed by atoms with Gasteiger partial charge in [-0.1, -0.05) is 164 Å². The van der Waals surface area contributed by atoms with Crippen molar-refractivity contribution in [2.75, 3.05) is 4.90 Å². The van der Waals surface area contributed by atoms with Crippen LogP contribution in [0.2, 0.25) is 0 Å². The van der Waals surface area contributed by atoms with Crippen molar-refractivity contribution in [3.63, 3.8) is 0 Å². The predicted octanol–water partition coefficient (Wildman–Crippen LogP) is 13.7. The summed E-state index contributed by atoms with van der Waals surface area (Å²) in [7, 11) is 0. The molecule has 0 aliphatic heterocycles. The molecule has 4 nitrogen and oxygen atoms in total. The van der Waals surface area contributed by atoms with Crippen LogP contribution in [0.3, 0.4) is 0 Å². The zero-order valence-electron chi connectivity index (χ0n) is 30.6. The molecule has 0 N–H and O–H groups in total. The minimum atomic E-state index is 0.691. The van der Waals surface area contributed by atoms with Crippen LogP contribution in [0.25, 0.3) is 72.5 Å². The maximum absolute atomic E-state index is 5.35. The van der Waals surface area contributed by atoms with Crippen molar-refractivity contribution in [2.24, 2.45) is 0 Å². The average molecular weight is 717 g/mol. The van der Waals surface area contributed by atoms with Crippen molar-refractivity contribution in [1.82, 2.24) is 14.5 Å². The second-order valence-corrected chi connectivity index (χ2v) is 13.9. The van der Waals surface area contributed by atoms with E-state index in [-0.39, 0.29) is 0 Å². The molecule has 0 atom stereocenters. The fourth-order valence-electron chi connectivity index (χ4n) is 7.71. The van der Waals surface area contributed by atoms with Gasteiger partial charge in [-0.15, -0.1) is 0 Å². The minimum Gasteiger partial charge on any atom is -0.310 e. The van der Waals surface area contributed by atoms with E-state index in [4.69, 9.17) is 9.97 Å². The SMILES string of the molecule is c1ccc(-c2ccc(N(c3ccc(-c4ccccc4)cc3)c3ccc4c(c3)c3c(-c5ccccc5)nc(-c5ccccc5)nc3n4-c3ccccc3)cc2)cc1. The standard InChI is InChI=1S/C52H36N4/c1-6-16-37(17-7-1)39-26-30-44(31-27-39)55(45-32-28-40(29-33-45)38-18-8-2-9-19-38)46-34-35-48-47(36-46)49-50(41-20-10-3-11-21-41)53-51(42-22-12-4-13-23-42)54-52(49)56(48)43-24-14-5-15-25-43/h1-36H. The average Bonchev–Trinajstić information content (AvgIpc) is 3.62. The third kappa shape index (κ3) is 6.09. The Kier molecular flexibility index (Phi) is 8.47. The summed E-state index contributed by atoms with van der Waals surface area (Å²) < 4.78 is 2.28. The van der Waals surface area contributed by atoms with Crippen LogP contribution >= 0.6 is 0 Å². The second kappa shape index (κ2) is 14.3. The largest absolute Gasteiger partial charge is 0.310 e. The Bertz CT molecular complexity index is 2820. The number of benzene rings is 8. The molecule has 0 saturated heterocycles. The molecule has 0 saturated carbocycles. The molecule has 2 aromatic heterocycles. The van der Waals surface area contributed by atoms with E-state index in [9.17, 15) is 0 Å². The van der Waals surface area contributed by atoms with Crippen LogP contribution in [0.4, 0.5) is 17.1 Å². The quantitative estimate of drug-likeness (QED) is 0.157. The number of fused-ring (bicyclic) bond motifs is 3. The van der Waals surface area contributed by atoms with Crippen molar-refractivity contribution in [1.29, 1.82) is 0 Å². The Morgan fingerprint density at radius 3 is 1.30 bits per heavy atom. The van der Waals surface area contributed by atoms with Crippen molar-refractivity contribution < 1.29 is 0 Å². The van der Waals surface area contributed by atoms with Crippen LogP contribution in [0.1, 0.15) is 0 Å². The second-order valence-electron chi connectivity index (χ2n) is 13.9. The Balaban J connectivity index is 1.22. The first-order valence-corrected chi connectivity index (χ1v) is 18.9. The minimum absolute atomic E-state index is 0.691. The van der Waals surface area contributed by atoms with Crippen LogP contribution in [0.15, 0.2) is 218 Å². The van der Waals surface area contributed by atoms with Gasteiger partial charge in [0.15, 0.2) is 5.82 Å². The number of para-hydroxylation sites is 1. The number of hydrogen-bond donors (Lipinski definition) is 0. The van der Waals surface area contributed by atoms with Gasteiger partial charge in [0, 0.05) is 39.3 Å². The van der Waals surface area contributed by atoms with Gasteiger partial charge in [0.2, 0.25) is 0 Å². The molecule has 0 aliphatic carbocycles. The molecule has 56 heavy (non-hydrogen) atoms. The molecule has 0 aliphatic rings. The monoisotopic (exact) mass is 716 g/mol. The van der Waals surface area contributed by atoms with Crippen LogP contribution < -0.4 is 4.90 Å². The Labute approximate surface area is 326 Å². The van der Waals surface area contributed by atoms with Crippen LogP contribution in [0.5, 0.6) is 0 Å². The summed E-state index contributed by atoms with van der Waals surface area (Å²) in [6.07, 6.45) is 0. The lowest BCUT2D eigenvalue weighted by Gasteiger charge is -2.26. The zero-order chi connectivity index (χ0) is 37.3. The molecule has 0 unspecified atom stereocenters. The predicted molar refractivity (Wildman–Crippen MR) is 233 cm³/mol. The Morgan fingerprint density at radius 2 is 0.786 bits per heavy atom. The van der Waals surface area contributed by atoms with Gasteiger partial charge in [-0.3, -0.25) is 4.57 Å². The van der Waals surface area contributed by atoms with E-state index in [1.54, 1.807) is 0 Å². The Morgan fingerprint density at radius 1 is 0.357 bits per heavy atom. The topological polar surface area (TPSA) is 34.0 Å². The number of hydrogen-bond acceptors (Lipinski definition) is 3. The normalized spacial score (nSPS) is 11.2. The van der Waals surface area contributed by atoms with Crippen LogP contribution in [-0.4, -0.2) is 14.5 Å². The first kappa shape index (κ1) is 33.0. The van der Waals surface area contributed by atoms with E-state index in [1.807, 2.05) is 18.2 Å². The highest BCUT2D eigenvalue weighted by molar-refractivity contribution is 6.15. The first-order chi connectivity index (χ1) is 27.8. The van der Waals surface area contributed by atoms with E-state index < -0.39 is 0 Å². The third-order valence-corrected chi connectivity index (χ3v) is 10.4. The number of nitrogens with zero attached hydrogens (tertiary/aromatic N) is 4. The molecule has 0 amide bonds. The summed E-state index contributed by atoms with van der Waals surface area (Å²) in [6.45, 7) is 0. The van der Waals surface area contributed by atoms with Crippen molar-refractivity contribution >= 4 is 39.0 Å². The van der Waals surface area contributed by atoms with Gasteiger partial charge < -0.3 is 4.90 Å². The van der Waals surface area contributed by atoms with Crippen molar-refractivity contribution in [2.45, 2.75) is 0 Å². The van der Waals surface area contributed by atoms with Gasteiger partial charge in [-0.25, -0.2) is 9.97 Å². The lowest BCUT2D eigenvalue weighted by atomic mass is 10.0. The van der Waals surface area contributed by atoms with Gasteiger partial charge in [0.25, 0.3) is 0 Å². The first-order valence-electron chi connectivity index (χ1n) is 18.9. The molecule has 0 bridgehead atoms. The van der Waals surface area contributed by atoms with Gasteiger partial charge in [0.05, 0.1) is 16.6 Å². The molecular weight excluding hydrogens is 681 g/mol. The summed E-state index contributed by atoms with van der Waals surface area (Å²) in [6, 6.07) is 76.8. The summed E-state index contributed by atoms with van der Waals surface area (Å²) in [5, 5.41) is 2.09. The molecule has 264 valence electrons. The molecule has 0 radical (unpaired) electrons. The molecule has 10 rings (SSSR count). The van der Waals surface area contributed by atoms with Gasteiger partial charge >= 0.3 is 0 Å². The molecule has 0 spiro atoms. The number of rotatable bonds is 8. The number of aromatic nitrogens is 3. The maximum Gasteiger partial charge on any atom is 0.162 e. The fraction of sp³-hybridized carbons (Fsp3) is 0. The summed E-state index contributed by atoms with van der Waals surface area (Å²) in [4.78, 5) is 13.0. The summed E-state index contributed by atoms with van der Waals surface area (Å²) in [5.41, 5.74) is 13.8. The smallest absolute Gasteiger partial charge is 0.162 e. The summed E-state index contributed by atoms with van der Waals surface area (Å²) in [5.74, 6) is 0.691. The third-order valence-electron chi connectivity index (χ3n) is 10.4. The Hall–Kier alpha value is -7.56. The molecule has 10 aromatic rings. The van der Waals surface area contributed by atoms with E-state index in [2.05, 4.69) is 210 Å². The van der Waals surface area contributed by atoms with E-state index in [0.717, 1.165) is 61.5 Å². The van der Waals surface area contributed by atoms with E-state index >= 15 is 0 Å². The summed E-state index contributed by atoms with van der Waals surface area (Å²) >= 11 is 0. The molecule has 0 fully saturated rings. The van der Waals surface area contributed by atoms with E-state index in [0.29, 0.717) is 5.82 Å². The van der Waals surface area contributed by atoms with Gasteiger partial charge in [0.1, 0.15) is 5.65 Å². The molecular formula is C52H36N4. The molecule has 4 heteroatoms. The molecule has 8 aromatic carbocycles. The molecule has 2 heterocycles. The van der Waals surface area contributed by atoms with Crippen molar-refractivity contribution in [3.05, 3.63) is 218 Å². The lowest BCUT2D eigenvalue weighted by molar-refractivity contribution is 1.11. The van der Waals surface area contributed by atoms with Gasteiger partial charge in [-0.05, 0) is 76.9 Å². The number of anilines is 3. The highest BCUT2D eigenvalue weighted by Crippen LogP contribution is 2.43. The van der Waals surface area contributed by atoms with E-state index in [1.165, 1.54) is 22.3 Å². The fourth-order valence-corrected chi connectivity index (χ4v) is 7.71. The lowest BCUT2D eigenvalue weighted by Crippen LogP contribution is -2.10.